The number of carboxylic acid groups (broad SMARTS) is 1. The van der Waals surface area contributed by atoms with E-state index in [-0.39, 0.29) is 12.3 Å². The van der Waals surface area contributed by atoms with E-state index in [0.29, 0.717) is 12.8 Å². The van der Waals surface area contributed by atoms with E-state index in [0.717, 1.165) is 34.9 Å². The summed E-state index contributed by atoms with van der Waals surface area (Å²) in [5.74, 6) is -1.14. The van der Waals surface area contributed by atoms with E-state index in [9.17, 15) is 14.7 Å². The molecule has 1 aliphatic rings. The number of carboxylic acids is 1. The van der Waals surface area contributed by atoms with Gasteiger partial charge in [0.1, 0.15) is 5.54 Å². The third-order valence-electron chi connectivity index (χ3n) is 4.10. The summed E-state index contributed by atoms with van der Waals surface area (Å²) in [6, 6.07) is 5.75. The predicted octanol–water partition coefficient (Wildman–Crippen LogP) is 3.20. The zero-order chi connectivity index (χ0) is 15.5. The maximum Gasteiger partial charge on any atom is 0.329 e. The van der Waals surface area contributed by atoms with Crippen molar-refractivity contribution >= 4 is 27.8 Å². The Morgan fingerprint density at radius 1 is 1.29 bits per heavy atom. The SMILES string of the molecule is Cc1ccc(CC(=O)NC2(C(=O)O)CCCCC2)cc1Br. The molecule has 4 nitrogen and oxygen atoms in total. The van der Waals surface area contributed by atoms with Crippen LogP contribution in [0.4, 0.5) is 0 Å². The molecule has 1 aromatic carbocycles. The molecule has 21 heavy (non-hydrogen) atoms. The fourth-order valence-electron chi connectivity index (χ4n) is 2.79. The molecule has 2 N–H and O–H groups in total. The van der Waals surface area contributed by atoms with Crippen LogP contribution in [-0.4, -0.2) is 22.5 Å². The lowest BCUT2D eigenvalue weighted by atomic mass is 9.81. The third kappa shape index (κ3) is 3.84. The normalized spacial score (nSPS) is 17.2. The lowest BCUT2D eigenvalue weighted by Crippen LogP contribution is -2.55. The maximum atomic E-state index is 12.2. The van der Waals surface area contributed by atoms with E-state index in [4.69, 9.17) is 0 Å². The second kappa shape index (κ2) is 6.60. The van der Waals surface area contributed by atoms with Gasteiger partial charge in [-0.15, -0.1) is 0 Å². The number of carbonyl (C=O) groups excluding carboxylic acids is 1. The van der Waals surface area contributed by atoms with Gasteiger partial charge in [-0.05, 0) is 37.0 Å². The van der Waals surface area contributed by atoms with Gasteiger partial charge < -0.3 is 10.4 Å². The number of benzene rings is 1. The van der Waals surface area contributed by atoms with Crippen molar-refractivity contribution in [3.05, 3.63) is 33.8 Å². The number of aliphatic carboxylic acids is 1. The molecule has 0 unspecified atom stereocenters. The summed E-state index contributed by atoms with van der Waals surface area (Å²) < 4.78 is 0.957. The largest absolute Gasteiger partial charge is 0.480 e. The molecule has 0 heterocycles. The first-order chi connectivity index (χ1) is 9.93. The first-order valence-corrected chi connectivity index (χ1v) is 8.02. The Bertz CT molecular complexity index is 550. The molecule has 114 valence electrons. The van der Waals surface area contributed by atoms with Gasteiger partial charge in [-0.1, -0.05) is 47.3 Å². The van der Waals surface area contributed by atoms with Gasteiger partial charge in [0.25, 0.3) is 0 Å². The van der Waals surface area contributed by atoms with E-state index in [1.165, 1.54) is 0 Å². The molecule has 0 aromatic heterocycles. The molecule has 1 aromatic rings. The fraction of sp³-hybridized carbons (Fsp3) is 0.500. The van der Waals surface area contributed by atoms with Crippen molar-refractivity contribution in [2.75, 3.05) is 0 Å². The molecule has 1 saturated carbocycles. The van der Waals surface area contributed by atoms with Gasteiger partial charge in [0, 0.05) is 4.47 Å². The number of amides is 1. The van der Waals surface area contributed by atoms with Crippen molar-refractivity contribution in [1.82, 2.24) is 5.32 Å². The lowest BCUT2D eigenvalue weighted by molar-refractivity contribution is -0.149. The zero-order valence-corrected chi connectivity index (χ0v) is 13.7. The summed E-state index contributed by atoms with van der Waals surface area (Å²) >= 11 is 3.44. The van der Waals surface area contributed by atoms with Crippen molar-refractivity contribution in [3.63, 3.8) is 0 Å². The first-order valence-electron chi connectivity index (χ1n) is 7.22. The van der Waals surface area contributed by atoms with Gasteiger partial charge in [-0.2, -0.15) is 0 Å². The second-order valence-corrected chi connectivity index (χ2v) is 6.61. The number of carbonyl (C=O) groups is 2. The van der Waals surface area contributed by atoms with Gasteiger partial charge in [0.2, 0.25) is 5.91 Å². The molecule has 0 saturated heterocycles. The summed E-state index contributed by atoms with van der Waals surface area (Å²) in [6.45, 7) is 1.98. The van der Waals surface area contributed by atoms with Crippen LogP contribution in [0.1, 0.15) is 43.2 Å². The summed E-state index contributed by atoms with van der Waals surface area (Å²) in [7, 11) is 0. The minimum Gasteiger partial charge on any atom is -0.480 e. The number of rotatable bonds is 4. The smallest absolute Gasteiger partial charge is 0.329 e. The average Bonchev–Trinajstić information content (AvgIpc) is 2.43. The quantitative estimate of drug-likeness (QED) is 0.873. The van der Waals surface area contributed by atoms with Crippen LogP contribution in [0.2, 0.25) is 0 Å². The second-order valence-electron chi connectivity index (χ2n) is 5.76. The van der Waals surface area contributed by atoms with E-state index < -0.39 is 11.5 Å². The van der Waals surface area contributed by atoms with Crippen molar-refractivity contribution in [1.29, 1.82) is 0 Å². The average molecular weight is 354 g/mol. The van der Waals surface area contributed by atoms with E-state index in [1.54, 1.807) is 0 Å². The highest BCUT2D eigenvalue weighted by Crippen LogP contribution is 2.28. The highest BCUT2D eigenvalue weighted by Gasteiger charge is 2.40. The van der Waals surface area contributed by atoms with Crippen LogP contribution in [0.25, 0.3) is 0 Å². The maximum absolute atomic E-state index is 12.2. The molecule has 0 atom stereocenters. The molecule has 0 aliphatic heterocycles. The number of aryl methyl sites for hydroxylation is 1. The van der Waals surface area contributed by atoms with Crippen molar-refractivity contribution < 1.29 is 14.7 Å². The van der Waals surface area contributed by atoms with Gasteiger partial charge in [0.05, 0.1) is 6.42 Å². The van der Waals surface area contributed by atoms with Gasteiger partial charge in [0.15, 0.2) is 0 Å². The highest BCUT2D eigenvalue weighted by molar-refractivity contribution is 9.10. The molecule has 0 radical (unpaired) electrons. The van der Waals surface area contributed by atoms with Gasteiger partial charge in [-0.3, -0.25) is 4.79 Å². The minimum atomic E-state index is -1.07. The Kier molecular flexibility index (Phi) is 5.04. The van der Waals surface area contributed by atoms with Crippen LogP contribution < -0.4 is 5.32 Å². The molecule has 0 bridgehead atoms. The van der Waals surface area contributed by atoms with Crippen LogP contribution in [0.15, 0.2) is 22.7 Å². The summed E-state index contributed by atoms with van der Waals surface area (Å²) in [6.07, 6.45) is 3.98. The van der Waals surface area contributed by atoms with Crippen molar-refractivity contribution in [2.24, 2.45) is 0 Å². The summed E-state index contributed by atoms with van der Waals surface area (Å²) in [5.41, 5.74) is 0.909. The zero-order valence-electron chi connectivity index (χ0n) is 12.1. The topological polar surface area (TPSA) is 66.4 Å². The van der Waals surface area contributed by atoms with Crippen molar-refractivity contribution in [3.8, 4) is 0 Å². The molecule has 0 spiro atoms. The fourth-order valence-corrected chi connectivity index (χ4v) is 3.22. The Morgan fingerprint density at radius 3 is 2.52 bits per heavy atom. The lowest BCUT2D eigenvalue weighted by Gasteiger charge is -2.34. The molecule has 1 aliphatic carbocycles. The predicted molar refractivity (Wildman–Crippen MR) is 84.2 cm³/mol. The van der Waals surface area contributed by atoms with E-state index in [1.807, 2.05) is 25.1 Å². The van der Waals surface area contributed by atoms with Crippen LogP contribution in [0.3, 0.4) is 0 Å². The number of nitrogens with one attached hydrogen (secondary N) is 1. The molecule has 5 heteroatoms. The number of hydrogen-bond donors (Lipinski definition) is 2. The van der Waals surface area contributed by atoms with Gasteiger partial charge in [-0.25, -0.2) is 4.79 Å². The summed E-state index contributed by atoms with van der Waals surface area (Å²) in [4.78, 5) is 23.7. The van der Waals surface area contributed by atoms with Crippen molar-refractivity contribution in [2.45, 2.75) is 51.0 Å². The van der Waals surface area contributed by atoms with Crippen LogP contribution >= 0.6 is 15.9 Å². The number of hydrogen-bond acceptors (Lipinski definition) is 2. The van der Waals surface area contributed by atoms with Crippen LogP contribution in [0.5, 0.6) is 0 Å². The van der Waals surface area contributed by atoms with E-state index in [2.05, 4.69) is 21.2 Å². The molecular weight excluding hydrogens is 334 g/mol. The highest BCUT2D eigenvalue weighted by atomic mass is 79.9. The Morgan fingerprint density at radius 2 is 1.95 bits per heavy atom. The minimum absolute atomic E-state index is 0.202. The molecule has 2 rings (SSSR count). The third-order valence-corrected chi connectivity index (χ3v) is 4.95. The van der Waals surface area contributed by atoms with Crippen LogP contribution in [0, 0.1) is 6.92 Å². The monoisotopic (exact) mass is 353 g/mol. The van der Waals surface area contributed by atoms with E-state index >= 15 is 0 Å². The standard InChI is InChI=1S/C16H20BrNO3/c1-11-5-6-12(9-13(11)17)10-14(19)18-16(15(20)21)7-3-2-4-8-16/h5-6,9H,2-4,7-8,10H2,1H3,(H,18,19)(H,20,21). The van der Waals surface area contributed by atoms with Crippen LogP contribution in [-0.2, 0) is 16.0 Å². The van der Waals surface area contributed by atoms with Gasteiger partial charge >= 0.3 is 5.97 Å². The Hall–Kier alpha value is -1.36. The first kappa shape index (κ1) is 16.0. The molecule has 1 fully saturated rings. The Labute approximate surface area is 133 Å². The molecular formula is C16H20BrNO3. The molecule has 1 amide bonds. The Balaban J connectivity index is 2.05. The summed E-state index contributed by atoms with van der Waals surface area (Å²) in [5, 5.41) is 12.2. The number of halogens is 1.